The van der Waals surface area contributed by atoms with Gasteiger partial charge in [-0.1, -0.05) is 13.8 Å². The molecule has 6 nitrogen and oxygen atoms in total. The molecule has 0 saturated carbocycles. The second-order valence-electron chi connectivity index (χ2n) is 5.82. The first kappa shape index (κ1) is 17.2. The van der Waals surface area contributed by atoms with Crippen LogP contribution in [0.2, 0.25) is 0 Å². The SMILES string of the molecule is Cc1ccc(-c2nc(CC(=O)NC(CC(C)C)C(=O)O)cs2)o1. The number of hydrogen-bond acceptors (Lipinski definition) is 5. The van der Waals surface area contributed by atoms with Crippen molar-refractivity contribution in [3.8, 4) is 10.8 Å². The molecule has 0 bridgehead atoms. The maximum Gasteiger partial charge on any atom is 0.326 e. The summed E-state index contributed by atoms with van der Waals surface area (Å²) >= 11 is 1.39. The summed E-state index contributed by atoms with van der Waals surface area (Å²) in [4.78, 5) is 27.6. The highest BCUT2D eigenvalue weighted by molar-refractivity contribution is 7.13. The van der Waals surface area contributed by atoms with Gasteiger partial charge in [-0.15, -0.1) is 11.3 Å². The number of furan rings is 1. The number of aliphatic carboxylic acids is 1. The minimum Gasteiger partial charge on any atom is -0.480 e. The number of carboxylic acids is 1. The number of hydrogen-bond donors (Lipinski definition) is 2. The van der Waals surface area contributed by atoms with Crippen LogP contribution in [0.5, 0.6) is 0 Å². The van der Waals surface area contributed by atoms with Gasteiger partial charge in [-0.3, -0.25) is 4.79 Å². The second-order valence-corrected chi connectivity index (χ2v) is 6.68. The van der Waals surface area contributed by atoms with Crippen molar-refractivity contribution in [2.45, 2.75) is 39.7 Å². The second kappa shape index (κ2) is 7.41. The van der Waals surface area contributed by atoms with E-state index in [0.717, 1.165) is 5.76 Å². The zero-order valence-electron chi connectivity index (χ0n) is 13.3. The van der Waals surface area contributed by atoms with Gasteiger partial charge in [0, 0.05) is 5.38 Å². The molecule has 0 radical (unpaired) electrons. The highest BCUT2D eigenvalue weighted by atomic mass is 32.1. The minimum atomic E-state index is -1.02. The molecular weight excluding hydrogens is 316 g/mol. The molecule has 2 N–H and O–H groups in total. The summed E-state index contributed by atoms with van der Waals surface area (Å²) in [6.07, 6.45) is 0.452. The van der Waals surface area contributed by atoms with Crippen LogP contribution < -0.4 is 5.32 Å². The molecule has 0 aromatic carbocycles. The number of carboxylic acid groups (broad SMARTS) is 1. The molecule has 0 saturated heterocycles. The molecule has 0 aliphatic heterocycles. The van der Waals surface area contributed by atoms with Crippen molar-refractivity contribution in [2.24, 2.45) is 5.92 Å². The number of rotatable bonds is 7. The average molecular weight is 336 g/mol. The molecule has 2 aromatic heterocycles. The van der Waals surface area contributed by atoms with Crippen LogP contribution in [0.4, 0.5) is 0 Å². The lowest BCUT2D eigenvalue weighted by atomic mass is 10.0. The molecule has 23 heavy (non-hydrogen) atoms. The highest BCUT2D eigenvalue weighted by Crippen LogP contribution is 2.25. The van der Waals surface area contributed by atoms with E-state index in [1.54, 1.807) is 5.38 Å². The first-order chi connectivity index (χ1) is 10.8. The first-order valence-corrected chi connectivity index (χ1v) is 8.26. The van der Waals surface area contributed by atoms with Gasteiger partial charge in [-0.2, -0.15) is 0 Å². The van der Waals surface area contributed by atoms with Crippen LogP contribution in [0.3, 0.4) is 0 Å². The molecule has 1 unspecified atom stereocenters. The largest absolute Gasteiger partial charge is 0.480 e. The van der Waals surface area contributed by atoms with Crippen LogP contribution in [0.25, 0.3) is 10.8 Å². The Hall–Kier alpha value is -2.15. The predicted octanol–water partition coefficient (Wildman–Crippen LogP) is 2.87. The fraction of sp³-hybridized carbons (Fsp3) is 0.438. The fourth-order valence-electron chi connectivity index (χ4n) is 2.15. The molecule has 2 aromatic rings. The van der Waals surface area contributed by atoms with Crippen LogP contribution in [-0.2, 0) is 16.0 Å². The van der Waals surface area contributed by atoms with Crippen LogP contribution in [-0.4, -0.2) is 28.0 Å². The smallest absolute Gasteiger partial charge is 0.326 e. The molecular formula is C16H20N2O4S. The lowest BCUT2D eigenvalue weighted by molar-refractivity contribution is -0.142. The molecule has 0 aliphatic rings. The van der Waals surface area contributed by atoms with Gasteiger partial charge in [0.1, 0.15) is 11.8 Å². The van der Waals surface area contributed by atoms with Gasteiger partial charge in [0.05, 0.1) is 12.1 Å². The van der Waals surface area contributed by atoms with Crippen LogP contribution >= 0.6 is 11.3 Å². The Morgan fingerprint density at radius 3 is 2.70 bits per heavy atom. The van der Waals surface area contributed by atoms with Gasteiger partial charge in [0.15, 0.2) is 10.8 Å². The summed E-state index contributed by atoms with van der Waals surface area (Å²) < 4.78 is 5.50. The zero-order valence-corrected chi connectivity index (χ0v) is 14.1. The standard InChI is InChI=1S/C16H20N2O4S/c1-9(2)6-12(16(20)21)18-14(19)7-11-8-23-15(17-11)13-5-4-10(3)22-13/h4-5,8-9,12H,6-7H2,1-3H3,(H,18,19)(H,20,21). The van der Waals surface area contributed by atoms with Gasteiger partial charge >= 0.3 is 5.97 Å². The van der Waals surface area contributed by atoms with Gasteiger partial charge in [0.2, 0.25) is 5.91 Å². The maximum absolute atomic E-state index is 12.0. The monoisotopic (exact) mass is 336 g/mol. The van der Waals surface area contributed by atoms with E-state index in [2.05, 4.69) is 10.3 Å². The number of amides is 1. The summed E-state index contributed by atoms with van der Waals surface area (Å²) in [6, 6.07) is 2.82. The summed E-state index contributed by atoms with van der Waals surface area (Å²) in [5.41, 5.74) is 0.602. The van der Waals surface area contributed by atoms with E-state index >= 15 is 0 Å². The predicted molar refractivity (Wildman–Crippen MR) is 87.3 cm³/mol. The van der Waals surface area contributed by atoms with E-state index in [4.69, 9.17) is 9.52 Å². The third-order valence-electron chi connectivity index (χ3n) is 3.18. The van der Waals surface area contributed by atoms with E-state index in [1.165, 1.54) is 11.3 Å². The molecule has 2 rings (SSSR count). The van der Waals surface area contributed by atoms with Crippen LogP contribution in [0, 0.1) is 12.8 Å². The lowest BCUT2D eigenvalue weighted by Crippen LogP contribution is -2.42. The topological polar surface area (TPSA) is 92.4 Å². The van der Waals surface area contributed by atoms with E-state index in [-0.39, 0.29) is 18.2 Å². The number of carbonyl (C=O) groups excluding carboxylic acids is 1. The zero-order chi connectivity index (χ0) is 17.0. The van der Waals surface area contributed by atoms with Gasteiger partial charge < -0.3 is 14.8 Å². The lowest BCUT2D eigenvalue weighted by Gasteiger charge is -2.16. The van der Waals surface area contributed by atoms with Gasteiger partial charge in [-0.05, 0) is 31.4 Å². The molecule has 0 aliphatic carbocycles. The van der Waals surface area contributed by atoms with E-state index in [1.807, 2.05) is 32.9 Å². The van der Waals surface area contributed by atoms with Crippen molar-refractivity contribution < 1.29 is 19.1 Å². The molecule has 7 heteroatoms. The quantitative estimate of drug-likeness (QED) is 0.811. The fourth-order valence-corrected chi connectivity index (χ4v) is 2.93. The van der Waals surface area contributed by atoms with Crippen molar-refractivity contribution in [2.75, 3.05) is 0 Å². The minimum absolute atomic E-state index is 0.0536. The summed E-state index contributed by atoms with van der Waals surface area (Å²) in [5, 5.41) is 14.2. The molecule has 1 atom stereocenters. The number of nitrogens with zero attached hydrogens (tertiary/aromatic N) is 1. The number of thiazole rings is 1. The number of nitrogens with one attached hydrogen (secondary N) is 1. The third-order valence-corrected chi connectivity index (χ3v) is 4.09. The Morgan fingerprint density at radius 2 is 2.13 bits per heavy atom. The molecule has 124 valence electrons. The van der Waals surface area contributed by atoms with E-state index in [0.29, 0.717) is 22.9 Å². The summed E-state index contributed by atoms with van der Waals surface area (Å²) in [7, 11) is 0. The third kappa shape index (κ3) is 4.92. The number of aryl methyl sites for hydroxylation is 1. The van der Waals surface area contributed by atoms with Crippen LogP contribution in [0.1, 0.15) is 31.7 Å². The Morgan fingerprint density at radius 1 is 1.39 bits per heavy atom. The Balaban J connectivity index is 1.97. The van der Waals surface area contributed by atoms with Crippen LogP contribution in [0.15, 0.2) is 21.9 Å². The number of carbonyl (C=O) groups is 2. The average Bonchev–Trinajstić information content (AvgIpc) is 3.06. The Bertz CT molecular complexity index is 690. The summed E-state index contributed by atoms with van der Waals surface area (Å²) in [6.45, 7) is 5.69. The first-order valence-electron chi connectivity index (χ1n) is 7.38. The van der Waals surface area contributed by atoms with Crippen molar-refractivity contribution in [3.05, 3.63) is 29.0 Å². The van der Waals surface area contributed by atoms with Gasteiger partial charge in [0.25, 0.3) is 0 Å². The van der Waals surface area contributed by atoms with E-state index < -0.39 is 12.0 Å². The van der Waals surface area contributed by atoms with Crippen molar-refractivity contribution in [1.29, 1.82) is 0 Å². The van der Waals surface area contributed by atoms with E-state index in [9.17, 15) is 9.59 Å². The molecule has 2 heterocycles. The van der Waals surface area contributed by atoms with Crippen molar-refractivity contribution in [3.63, 3.8) is 0 Å². The van der Waals surface area contributed by atoms with Gasteiger partial charge in [-0.25, -0.2) is 9.78 Å². The Kier molecular flexibility index (Phi) is 5.54. The Labute approximate surface area is 138 Å². The van der Waals surface area contributed by atoms with Crippen molar-refractivity contribution in [1.82, 2.24) is 10.3 Å². The summed E-state index contributed by atoms with van der Waals surface area (Å²) in [5.74, 6) is 0.293. The highest BCUT2D eigenvalue weighted by Gasteiger charge is 2.21. The normalized spacial score (nSPS) is 12.3. The maximum atomic E-state index is 12.0. The molecule has 1 amide bonds. The van der Waals surface area contributed by atoms with Crippen molar-refractivity contribution >= 4 is 23.2 Å². The molecule has 0 fully saturated rings. The number of aromatic nitrogens is 1. The molecule has 0 spiro atoms.